The normalized spacial score (nSPS) is 32.6. The zero-order valence-electron chi connectivity index (χ0n) is 32.8. The summed E-state index contributed by atoms with van der Waals surface area (Å²) in [5, 5.41) is 3.27. The number of piperazine rings is 1. The van der Waals surface area contributed by atoms with Gasteiger partial charge in [0.15, 0.2) is 6.29 Å². The molecule has 0 radical (unpaired) electrons. The Morgan fingerprint density at radius 1 is 1.13 bits per heavy atom. The van der Waals surface area contributed by atoms with E-state index in [2.05, 4.69) is 52.7 Å². The molecule has 1 amide bonds. The number of benzene rings is 2. The van der Waals surface area contributed by atoms with Gasteiger partial charge in [-0.3, -0.25) is 14.5 Å². The van der Waals surface area contributed by atoms with Crippen molar-refractivity contribution in [2.45, 2.75) is 94.9 Å². The molecule has 12 heteroatoms. The zero-order valence-corrected chi connectivity index (χ0v) is 34.4. The third-order valence-electron chi connectivity index (χ3n) is 13.1. The lowest BCUT2D eigenvalue weighted by Crippen LogP contribution is -2.57. The van der Waals surface area contributed by atoms with E-state index in [-0.39, 0.29) is 28.7 Å². The van der Waals surface area contributed by atoms with Crippen LogP contribution >= 0.6 is 11.6 Å². The summed E-state index contributed by atoms with van der Waals surface area (Å²) in [4.78, 5) is 30.9. The zero-order chi connectivity index (χ0) is 38.9. The van der Waals surface area contributed by atoms with Gasteiger partial charge in [0.05, 0.1) is 17.5 Å². The molecule has 1 saturated carbocycles. The minimum absolute atomic E-state index is 0.0434. The van der Waals surface area contributed by atoms with Crippen molar-refractivity contribution >= 4 is 39.5 Å². The van der Waals surface area contributed by atoms with Gasteiger partial charge in [0.25, 0.3) is 5.91 Å². The summed E-state index contributed by atoms with van der Waals surface area (Å²) in [5.74, 6) is -0.203. The number of aryl methyl sites for hydroxylation is 1. The number of carbonyl (C=O) groups excluding carboxylic acids is 2. The fourth-order valence-electron chi connectivity index (χ4n) is 9.29. The number of halogens is 1. The summed E-state index contributed by atoms with van der Waals surface area (Å²) in [6, 6.07) is 11.3. The first kappa shape index (κ1) is 40.7. The molecule has 10 nitrogen and oxygen atoms in total. The highest BCUT2D eigenvalue weighted by Gasteiger charge is 2.49. The van der Waals surface area contributed by atoms with E-state index in [1.165, 1.54) is 24.2 Å². The number of aldehydes is 1. The Labute approximate surface area is 327 Å². The smallest absolute Gasteiger partial charge is 0.264 e. The maximum atomic E-state index is 13.4. The minimum atomic E-state index is -3.97. The summed E-state index contributed by atoms with van der Waals surface area (Å²) in [6.07, 6.45) is 9.65. The molecule has 2 aromatic rings. The van der Waals surface area contributed by atoms with E-state index in [1.807, 2.05) is 25.1 Å². The lowest BCUT2D eigenvalue weighted by atomic mass is 9.64. The molecule has 0 aromatic heterocycles. The topological polar surface area (TPSA) is 117 Å². The van der Waals surface area contributed by atoms with Crippen molar-refractivity contribution in [3.05, 3.63) is 70.3 Å². The third-order valence-corrected chi connectivity index (χ3v) is 15.2. The van der Waals surface area contributed by atoms with Crippen LogP contribution in [0.15, 0.2) is 48.6 Å². The van der Waals surface area contributed by atoms with Crippen molar-refractivity contribution in [2.75, 3.05) is 57.9 Å². The summed E-state index contributed by atoms with van der Waals surface area (Å²) in [7, 11) is -2.41. The molecule has 3 heterocycles. The molecule has 2 aromatic carbocycles. The van der Waals surface area contributed by atoms with E-state index in [0.29, 0.717) is 42.4 Å². The number of likely N-dealkylation sites (N-methyl/N-ethyl adjacent to an activating group) is 1. The summed E-state index contributed by atoms with van der Waals surface area (Å²) < 4.78 is 41.3. The maximum absolute atomic E-state index is 13.4. The molecule has 2 aliphatic carbocycles. The first-order valence-corrected chi connectivity index (χ1v) is 21.6. The fourth-order valence-corrected chi connectivity index (χ4v) is 10.8. The molecule has 0 unspecified atom stereocenters. The van der Waals surface area contributed by atoms with Gasteiger partial charge in [-0.2, -0.15) is 0 Å². The Bertz CT molecular complexity index is 1840. The van der Waals surface area contributed by atoms with E-state index in [0.717, 1.165) is 57.2 Å². The highest BCUT2D eigenvalue weighted by Crippen LogP contribution is 2.48. The first-order valence-electron chi connectivity index (χ1n) is 19.7. The number of nitrogens with one attached hydrogen (secondary N) is 2. The van der Waals surface area contributed by atoms with Crippen molar-refractivity contribution in [1.29, 1.82) is 0 Å². The van der Waals surface area contributed by atoms with Gasteiger partial charge < -0.3 is 19.7 Å². The van der Waals surface area contributed by atoms with Gasteiger partial charge >= 0.3 is 0 Å². The molecule has 296 valence electrons. The van der Waals surface area contributed by atoms with Crippen molar-refractivity contribution in [3.8, 4) is 5.75 Å². The Morgan fingerprint density at radius 2 is 1.93 bits per heavy atom. The number of fused-ring (bicyclic) bond motifs is 4. The minimum Gasteiger partial charge on any atom is -0.490 e. The summed E-state index contributed by atoms with van der Waals surface area (Å²) >= 11 is 6.40. The fraction of sp³-hybridized carbons (Fsp3) is 0.619. The van der Waals surface area contributed by atoms with Gasteiger partial charge in [-0.25, -0.2) is 13.1 Å². The average Bonchev–Trinajstić information content (AvgIpc) is 3.28. The number of amides is 1. The van der Waals surface area contributed by atoms with Gasteiger partial charge in [0.2, 0.25) is 10.0 Å². The summed E-state index contributed by atoms with van der Waals surface area (Å²) in [5.41, 5.74) is 2.42. The van der Waals surface area contributed by atoms with Crippen LogP contribution < -0.4 is 19.7 Å². The van der Waals surface area contributed by atoms with Crippen LogP contribution in [0.1, 0.15) is 88.2 Å². The van der Waals surface area contributed by atoms with Crippen LogP contribution in [0.3, 0.4) is 0 Å². The van der Waals surface area contributed by atoms with Gasteiger partial charge in [0.1, 0.15) is 11.4 Å². The highest BCUT2D eigenvalue weighted by molar-refractivity contribution is 7.90. The lowest BCUT2D eigenvalue weighted by molar-refractivity contribution is -0.135. The Balaban J connectivity index is 0.000000432. The monoisotopic (exact) mass is 782 g/mol. The predicted octanol–water partition coefficient (Wildman–Crippen LogP) is 6.16. The van der Waals surface area contributed by atoms with Crippen LogP contribution in [0, 0.1) is 17.8 Å². The van der Waals surface area contributed by atoms with Crippen LogP contribution in [0.5, 0.6) is 5.75 Å². The molecule has 6 atom stereocenters. The van der Waals surface area contributed by atoms with E-state index in [9.17, 15) is 18.0 Å². The van der Waals surface area contributed by atoms with E-state index in [1.54, 1.807) is 32.2 Å². The van der Waals surface area contributed by atoms with Crippen molar-refractivity contribution < 1.29 is 27.5 Å². The van der Waals surface area contributed by atoms with Crippen molar-refractivity contribution in [3.63, 3.8) is 0 Å². The van der Waals surface area contributed by atoms with Crippen molar-refractivity contribution in [1.82, 2.24) is 14.9 Å². The van der Waals surface area contributed by atoms with Gasteiger partial charge in [0, 0.05) is 67.3 Å². The van der Waals surface area contributed by atoms with Gasteiger partial charge in [-0.05, 0) is 125 Å². The maximum Gasteiger partial charge on any atom is 0.264 e. The molecule has 2 N–H and O–H groups in total. The van der Waals surface area contributed by atoms with Gasteiger partial charge in [-0.1, -0.05) is 37.6 Å². The molecule has 1 saturated heterocycles. The number of carbonyl (C=O) groups is 2. The molecule has 2 bridgehead atoms. The number of hydrogen-bond donors (Lipinski definition) is 2. The molecule has 2 fully saturated rings. The second-order valence-electron chi connectivity index (χ2n) is 16.8. The largest absolute Gasteiger partial charge is 0.490 e. The molecule has 54 heavy (non-hydrogen) atoms. The molecule has 7 rings (SSSR count). The van der Waals surface area contributed by atoms with Gasteiger partial charge in [-0.15, -0.1) is 0 Å². The Morgan fingerprint density at radius 3 is 2.59 bits per heavy atom. The number of methoxy groups -OCH3 is 1. The van der Waals surface area contributed by atoms with Crippen molar-refractivity contribution in [2.24, 2.45) is 17.8 Å². The van der Waals surface area contributed by atoms with E-state index in [4.69, 9.17) is 21.1 Å². The van der Waals surface area contributed by atoms with Crippen LogP contribution in [0.25, 0.3) is 0 Å². The van der Waals surface area contributed by atoms with E-state index < -0.39 is 26.8 Å². The standard InChI is InChI=1S/C34H41ClN2O6S.C8H18N2/c1-22-6-4-15-34(20-38,42-3)29-11-8-26(29)18-37-19-33(14-5-7-24-16-27(35)10-12-28(24)33)21-43-31-13-9-25(17-30(31)37)32(39)36-44(40,41)23(22)2;1-4-10-6-5-9-7-8(10,2)3/h4,9-10,12-13,15-17,20,22-23,26,29H,5-8,11,14,18-19,21H2,1-3H3,(H,36,39);9H,4-7H2,1-3H3/b15-4+;/t22-,23+,26-,29+,33-,34-;/m0./s1. The Hall–Kier alpha value is -2.96. The third kappa shape index (κ3) is 8.12. The first-order chi connectivity index (χ1) is 25.7. The molecule has 3 aliphatic heterocycles. The predicted molar refractivity (Wildman–Crippen MR) is 215 cm³/mol. The Kier molecular flexibility index (Phi) is 12.3. The number of hydrogen-bond acceptors (Lipinski definition) is 9. The molecule has 5 aliphatic rings. The number of nitrogens with zero attached hydrogens (tertiary/aromatic N) is 2. The number of rotatable bonds is 3. The number of ether oxygens (including phenoxy) is 2. The second kappa shape index (κ2) is 16.3. The number of allylic oxidation sites excluding steroid dienone is 1. The molecule has 1 spiro atoms. The van der Waals surface area contributed by atoms with Crippen LogP contribution in [0.2, 0.25) is 5.02 Å². The van der Waals surface area contributed by atoms with Crippen LogP contribution in [-0.4, -0.2) is 94.9 Å². The number of sulfonamides is 1. The lowest BCUT2D eigenvalue weighted by Gasteiger charge is -2.48. The SMILES string of the molecule is CCN1CCNCC1(C)C.CO[C@]1(C=O)/C=C/C[C@H](C)[C@@H](C)S(=O)(=O)NC(=O)c2ccc3c(c2)N(C[C@@H]2CC[C@H]21)C[C@@]1(CCCc2cc(Cl)ccc21)CO3. The highest BCUT2D eigenvalue weighted by atomic mass is 35.5. The average molecular weight is 783 g/mol. The second-order valence-corrected chi connectivity index (χ2v) is 19.2. The van der Waals surface area contributed by atoms with E-state index >= 15 is 0 Å². The molecular weight excluding hydrogens is 724 g/mol. The number of anilines is 1. The quantitative estimate of drug-likeness (QED) is 0.279. The molecular formula is C42H59ClN4O6S. The van der Waals surface area contributed by atoms with Crippen LogP contribution in [-0.2, 0) is 31.4 Å². The van der Waals surface area contributed by atoms with Crippen LogP contribution in [0.4, 0.5) is 5.69 Å². The summed E-state index contributed by atoms with van der Waals surface area (Å²) in [6.45, 7) is 16.6.